The van der Waals surface area contributed by atoms with Crippen LogP contribution in [-0.4, -0.2) is 40.0 Å². The van der Waals surface area contributed by atoms with Gasteiger partial charge in [-0.3, -0.25) is 9.59 Å². The lowest BCUT2D eigenvalue weighted by atomic mass is 9.95. The standard InChI is InChI=1S/C16H15NO5/c1-9(18)17-13(15(20)16(21)22)14(19)12-8-4-6-10-5-2-3-7-11(10)12/h2-8,13,15,20H,1H3,(H,17,18)(H,21,22). The number of carbonyl (C=O) groups is 3. The van der Waals surface area contributed by atoms with Crippen molar-refractivity contribution in [1.29, 1.82) is 0 Å². The molecule has 0 heterocycles. The molecule has 2 rings (SSSR count). The number of rotatable bonds is 5. The molecule has 6 heteroatoms. The molecule has 2 unspecified atom stereocenters. The molecule has 0 spiro atoms. The number of aliphatic hydroxyl groups is 1. The third-order valence-corrected chi connectivity index (χ3v) is 3.27. The maximum atomic E-state index is 12.6. The molecule has 0 saturated carbocycles. The molecule has 22 heavy (non-hydrogen) atoms. The summed E-state index contributed by atoms with van der Waals surface area (Å²) in [7, 11) is 0. The Bertz CT molecular complexity index is 735. The van der Waals surface area contributed by atoms with Gasteiger partial charge in [0.2, 0.25) is 5.91 Å². The number of carboxylic acids is 1. The zero-order chi connectivity index (χ0) is 16.3. The van der Waals surface area contributed by atoms with Gasteiger partial charge in [0.05, 0.1) is 0 Å². The number of hydrogen-bond acceptors (Lipinski definition) is 4. The molecule has 114 valence electrons. The van der Waals surface area contributed by atoms with Crippen LogP contribution in [0.3, 0.4) is 0 Å². The summed E-state index contributed by atoms with van der Waals surface area (Å²) in [5.41, 5.74) is 0.247. The minimum absolute atomic E-state index is 0.247. The lowest BCUT2D eigenvalue weighted by Gasteiger charge is -2.20. The summed E-state index contributed by atoms with van der Waals surface area (Å²) in [6.45, 7) is 1.15. The third kappa shape index (κ3) is 3.12. The van der Waals surface area contributed by atoms with Gasteiger partial charge in [-0.15, -0.1) is 0 Å². The second-order valence-electron chi connectivity index (χ2n) is 4.85. The number of aliphatic hydroxyl groups excluding tert-OH is 1. The van der Waals surface area contributed by atoms with Crippen LogP contribution in [0.15, 0.2) is 42.5 Å². The van der Waals surface area contributed by atoms with Gasteiger partial charge in [0, 0.05) is 12.5 Å². The van der Waals surface area contributed by atoms with Crippen LogP contribution in [0.4, 0.5) is 0 Å². The van der Waals surface area contributed by atoms with Gasteiger partial charge in [-0.25, -0.2) is 4.79 Å². The molecular weight excluding hydrogens is 286 g/mol. The van der Waals surface area contributed by atoms with Gasteiger partial charge in [-0.1, -0.05) is 42.5 Å². The second-order valence-corrected chi connectivity index (χ2v) is 4.85. The zero-order valence-electron chi connectivity index (χ0n) is 11.8. The molecule has 0 fully saturated rings. The number of benzene rings is 2. The molecule has 3 N–H and O–H groups in total. The number of amides is 1. The van der Waals surface area contributed by atoms with Crippen LogP contribution in [-0.2, 0) is 9.59 Å². The summed E-state index contributed by atoms with van der Waals surface area (Å²) >= 11 is 0. The topological polar surface area (TPSA) is 104 Å². The van der Waals surface area contributed by atoms with Gasteiger partial charge in [-0.2, -0.15) is 0 Å². The maximum Gasteiger partial charge on any atom is 0.335 e. The van der Waals surface area contributed by atoms with E-state index in [1.807, 2.05) is 18.2 Å². The molecule has 0 bridgehead atoms. The highest BCUT2D eigenvalue weighted by Gasteiger charge is 2.33. The first-order valence-electron chi connectivity index (χ1n) is 6.61. The van der Waals surface area contributed by atoms with E-state index in [-0.39, 0.29) is 5.56 Å². The summed E-state index contributed by atoms with van der Waals surface area (Å²) in [5, 5.41) is 22.3. The van der Waals surface area contributed by atoms with E-state index in [2.05, 4.69) is 5.32 Å². The molecule has 0 aromatic heterocycles. The van der Waals surface area contributed by atoms with Crippen molar-refractivity contribution in [2.24, 2.45) is 0 Å². The molecule has 2 atom stereocenters. The monoisotopic (exact) mass is 301 g/mol. The van der Waals surface area contributed by atoms with Crippen molar-refractivity contribution in [2.45, 2.75) is 19.1 Å². The Morgan fingerprint density at radius 3 is 2.32 bits per heavy atom. The average molecular weight is 301 g/mol. The molecule has 0 saturated heterocycles. The maximum absolute atomic E-state index is 12.6. The number of nitrogens with one attached hydrogen (secondary N) is 1. The second kappa shape index (κ2) is 6.36. The molecule has 0 aliphatic rings. The number of fused-ring (bicyclic) bond motifs is 1. The average Bonchev–Trinajstić information content (AvgIpc) is 2.50. The number of hydrogen-bond donors (Lipinski definition) is 3. The van der Waals surface area contributed by atoms with Gasteiger partial charge in [-0.05, 0) is 10.8 Å². The normalized spacial score (nSPS) is 13.4. The highest BCUT2D eigenvalue weighted by molar-refractivity contribution is 6.12. The Kier molecular flexibility index (Phi) is 4.53. The first kappa shape index (κ1) is 15.7. The van der Waals surface area contributed by atoms with Gasteiger partial charge in [0.25, 0.3) is 0 Å². The minimum atomic E-state index is -2.02. The van der Waals surface area contributed by atoms with Crippen molar-refractivity contribution in [2.75, 3.05) is 0 Å². The molecule has 0 aliphatic carbocycles. The smallest absolute Gasteiger partial charge is 0.335 e. The molecular formula is C16H15NO5. The highest BCUT2D eigenvalue weighted by atomic mass is 16.4. The number of carbonyl (C=O) groups excluding carboxylic acids is 2. The van der Waals surface area contributed by atoms with E-state index in [1.54, 1.807) is 18.2 Å². The molecule has 2 aromatic rings. The number of carboxylic acid groups (broad SMARTS) is 1. The van der Waals surface area contributed by atoms with E-state index in [9.17, 15) is 19.5 Å². The van der Waals surface area contributed by atoms with E-state index >= 15 is 0 Å². The largest absolute Gasteiger partial charge is 0.479 e. The van der Waals surface area contributed by atoms with E-state index in [4.69, 9.17) is 5.11 Å². The van der Waals surface area contributed by atoms with E-state index in [0.29, 0.717) is 5.39 Å². The van der Waals surface area contributed by atoms with Gasteiger partial charge in [0.15, 0.2) is 11.9 Å². The summed E-state index contributed by atoms with van der Waals surface area (Å²) in [6.07, 6.45) is -2.02. The summed E-state index contributed by atoms with van der Waals surface area (Å²) in [4.78, 5) is 34.8. The van der Waals surface area contributed by atoms with Crippen molar-refractivity contribution in [1.82, 2.24) is 5.32 Å². The fraction of sp³-hybridized carbons (Fsp3) is 0.188. The van der Waals surface area contributed by atoms with Crippen LogP contribution in [0.1, 0.15) is 17.3 Å². The van der Waals surface area contributed by atoms with Crippen LogP contribution in [0.25, 0.3) is 10.8 Å². The quantitative estimate of drug-likeness (QED) is 0.714. The highest BCUT2D eigenvalue weighted by Crippen LogP contribution is 2.20. The molecule has 2 aromatic carbocycles. The van der Waals surface area contributed by atoms with Crippen LogP contribution >= 0.6 is 0 Å². The molecule has 0 aliphatic heterocycles. The number of aliphatic carboxylic acids is 1. The van der Waals surface area contributed by atoms with E-state index in [1.165, 1.54) is 6.07 Å². The first-order chi connectivity index (χ1) is 10.4. The Morgan fingerprint density at radius 2 is 1.68 bits per heavy atom. The third-order valence-electron chi connectivity index (χ3n) is 3.27. The molecule has 6 nitrogen and oxygen atoms in total. The van der Waals surface area contributed by atoms with Crippen molar-refractivity contribution < 1.29 is 24.6 Å². The Labute approximate surface area is 126 Å². The molecule has 1 amide bonds. The zero-order valence-corrected chi connectivity index (χ0v) is 11.8. The summed E-state index contributed by atoms with van der Waals surface area (Å²) < 4.78 is 0. The number of Topliss-reactive ketones (excluding diaryl/α,β-unsaturated/α-hetero) is 1. The van der Waals surface area contributed by atoms with Gasteiger partial charge >= 0.3 is 5.97 Å². The van der Waals surface area contributed by atoms with E-state index < -0.39 is 29.8 Å². The predicted octanol–water partition coefficient (Wildman–Crippen LogP) is 0.973. The first-order valence-corrected chi connectivity index (χ1v) is 6.61. The van der Waals surface area contributed by atoms with Crippen LogP contribution in [0.2, 0.25) is 0 Å². The van der Waals surface area contributed by atoms with E-state index in [0.717, 1.165) is 12.3 Å². The predicted molar refractivity (Wildman–Crippen MR) is 79.5 cm³/mol. The fourth-order valence-corrected chi connectivity index (χ4v) is 2.26. The van der Waals surface area contributed by atoms with Gasteiger partial charge < -0.3 is 15.5 Å². The van der Waals surface area contributed by atoms with Crippen LogP contribution < -0.4 is 5.32 Å². The fourth-order valence-electron chi connectivity index (χ4n) is 2.26. The Balaban J connectivity index is 2.49. The van der Waals surface area contributed by atoms with Crippen molar-refractivity contribution in [3.05, 3.63) is 48.0 Å². The lowest BCUT2D eigenvalue weighted by Crippen LogP contribution is -2.51. The van der Waals surface area contributed by atoms with Crippen LogP contribution in [0, 0.1) is 0 Å². The molecule has 0 radical (unpaired) electrons. The Hall–Kier alpha value is -2.73. The number of ketones is 1. The van der Waals surface area contributed by atoms with Crippen LogP contribution in [0.5, 0.6) is 0 Å². The summed E-state index contributed by atoms with van der Waals surface area (Å²) in [6, 6.07) is 10.6. The SMILES string of the molecule is CC(=O)NC(C(=O)c1cccc2ccccc12)C(O)C(=O)O. The minimum Gasteiger partial charge on any atom is -0.479 e. The summed E-state index contributed by atoms with van der Waals surface area (Å²) in [5.74, 6) is -2.83. The Morgan fingerprint density at radius 1 is 1.05 bits per heavy atom. The van der Waals surface area contributed by atoms with Crippen molar-refractivity contribution >= 4 is 28.4 Å². The van der Waals surface area contributed by atoms with Crippen molar-refractivity contribution in [3.63, 3.8) is 0 Å². The van der Waals surface area contributed by atoms with Crippen molar-refractivity contribution in [3.8, 4) is 0 Å². The lowest BCUT2D eigenvalue weighted by molar-refractivity contribution is -0.147. The van der Waals surface area contributed by atoms with Gasteiger partial charge in [0.1, 0.15) is 6.04 Å².